The summed E-state index contributed by atoms with van der Waals surface area (Å²) in [5.74, 6) is -1.35. The van der Waals surface area contributed by atoms with Gasteiger partial charge in [0.05, 0.1) is 5.56 Å². The zero-order chi connectivity index (χ0) is 19.1. The summed E-state index contributed by atoms with van der Waals surface area (Å²) in [6.07, 6.45) is 0. The van der Waals surface area contributed by atoms with Gasteiger partial charge in [-0.1, -0.05) is 18.2 Å². The van der Waals surface area contributed by atoms with Crippen molar-refractivity contribution in [3.05, 3.63) is 65.5 Å². The molecule has 5 nitrogen and oxygen atoms in total. The number of hydrogen-bond donors (Lipinski definition) is 2. The Kier molecular flexibility index (Phi) is 6.80. The van der Waals surface area contributed by atoms with E-state index in [1.807, 2.05) is 13.8 Å². The molecule has 2 rings (SSSR count). The van der Waals surface area contributed by atoms with Crippen LogP contribution in [0.25, 0.3) is 0 Å². The first-order valence-electron chi connectivity index (χ1n) is 8.22. The Morgan fingerprint density at radius 3 is 2.42 bits per heavy atom. The Hall–Kier alpha value is -2.80. The van der Waals surface area contributed by atoms with Gasteiger partial charge in [-0.3, -0.25) is 14.9 Å². The summed E-state index contributed by atoms with van der Waals surface area (Å²) in [6, 6.07) is 12.5. The van der Waals surface area contributed by atoms with Crippen LogP contribution in [0.1, 0.15) is 34.6 Å². The molecule has 0 aliphatic carbocycles. The van der Waals surface area contributed by atoms with Gasteiger partial charge < -0.3 is 10.2 Å². The Balaban J connectivity index is 2.05. The van der Waals surface area contributed by atoms with Crippen molar-refractivity contribution in [1.82, 2.24) is 10.2 Å². The fourth-order valence-electron chi connectivity index (χ4n) is 2.40. The van der Waals surface area contributed by atoms with Gasteiger partial charge in [0.1, 0.15) is 5.82 Å². The maximum absolute atomic E-state index is 13.6. The predicted molar refractivity (Wildman–Crippen MR) is 104 cm³/mol. The van der Waals surface area contributed by atoms with Crippen LogP contribution in [-0.2, 0) is 0 Å². The van der Waals surface area contributed by atoms with Crippen LogP contribution in [0.15, 0.2) is 48.5 Å². The fourth-order valence-corrected chi connectivity index (χ4v) is 2.61. The van der Waals surface area contributed by atoms with Crippen LogP contribution in [0.4, 0.5) is 10.1 Å². The lowest BCUT2D eigenvalue weighted by atomic mass is 10.1. The quantitative estimate of drug-likeness (QED) is 0.789. The average molecular weight is 373 g/mol. The van der Waals surface area contributed by atoms with Crippen molar-refractivity contribution < 1.29 is 14.0 Å². The monoisotopic (exact) mass is 373 g/mol. The van der Waals surface area contributed by atoms with Gasteiger partial charge in [-0.15, -0.1) is 0 Å². The molecule has 0 bridgehead atoms. The van der Waals surface area contributed by atoms with E-state index in [1.165, 1.54) is 18.2 Å². The van der Waals surface area contributed by atoms with Gasteiger partial charge >= 0.3 is 0 Å². The highest BCUT2D eigenvalue weighted by atomic mass is 32.1. The Labute approximate surface area is 157 Å². The minimum absolute atomic E-state index is 0.0192. The van der Waals surface area contributed by atoms with Crippen LogP contribution in [0.3, 0.4) is 0 Å². The first kappa shape index (κ1) is 19.5. The van der Waals surface area contributed by atoms with Crippen LogP contribution in [0.5, 0.6) is 0 Å². The van der Waals surface area contributed by atoms with Crippen molar-refractivity contribution in [3.63, 3.8) is 0 Å². The van der Waals surface area contributed by atoms with Gasteiger partial charge in [0.25, 0.3) is 11.8 Å². The van der Waals surface area contributed by atoms with E-state index in [2.05, 4.69) is 10.6 Å². The molecule has 0 saturated carbocycles. The molecule has 2 N–H and O–H groups in total. The summed E-state index contributed by atoms with van der Waals surface area (Å²) in [4.78, 5) is 26.2. The summed E-state index contributed by atoms with van der Waals surface area (Å²) in [5, 5.41) is 5.28. The van der Waals surface area contributed by atoms with E-state index in [1.54, 1.807) is 35.2 Å². The molecule has 0 heterocycles. The zero-order valence-corrected chi connectivity index (χ0v) is 15.4. The second-order valence-corrected chi connectivity index (χ2v) is 5.85. The second kappa shape index (κ2) is 9.05. The molecule has 136 valence electrons. The number of rotatable bonds is 5. The lowest BCUT2D eigenvalue weighted by Crippen LogP contribution is -2.34. The lowest BCUT2D eigenvalue weighted by molar-refractivity contribution is 0.0772. The van der Waals surface area contributed by atoms with Crippen LogP contribution < -0.4 is 10.6 Å². The van der Waals surface area contributed by atoms with E-state index >= 15 is 0 Å². The van der Waals surface area contributed by atoms with Gasteiger partial charge in [0.2, 0.25) is 0 Å². The summed E-state index contributed by atoms with van der Waals surface area (Å²) in [5.41, 5.74) is 0.978. The van der Waals surface area contributed by atoms with Gasteiger partial charge in [-0.25, -0.2) is 4.39 Å². The van der Waals surface area contributed by atoms with E-state index in [0.717, 1.165) is 0 Å². The number of halogens is 1. The SMILES string of the molecule is CCN(CC)C(=O)c1cccc(NC(=S)NC(=O)c2ccccc2F)c1. The van der Waals surface area contributed by atoms with Gasteiger partial charge in [0.15, 0.2) is 5.11 Å². The first-order valence-corrected chi connectivity index (χ1v) is 8.63. The predicted octanol–water partition coefficient (Wildman–Crippen LogP) is 3.43. The molecule has 7 heteroatoms. The molecule has 2 aromatic rings. The molecule has 0 spiro atoms. The number of thiocarbonyl (C=S) groups is 1. The molecule has 2 amide bonds. The smallest absolute Gasteiger partial charge is 0.260 e. The molecule has 0 aromatic heterocycles. The minimum atomic E-state index is -0.643. The third kappa shape index (κ3) is 4.86. The van der Waals surface area contributed by atoms with Gasteiger partial charge in [-0.05, 0) is 56.4 Å². The van der Waals surface area contributed by atoms with E-state index in [9.17, 15) is 14.0 Å². The number of hydrogen-bond acceptors (Lipinski definition) is 3. The second-order valence-electron chi connectivity index (χ2n) is 5.45. The zero-order valence-electron chi connectivity index (χ0n) is 14.6. The van der Waals surface area contributed by atoms with Crippen molar-refractivity contribution >= 4 is 34.8 Å². The maximum Gasteiger partial charge on any atom is 0.260 e. The number of nitrogens with zero attached hydrogens (tertiary/aromatic N) is 1. The lowest BCUT2D eigenvalue weighted by Gasteiger charge is -2.19. The molecule has 0 fully saturated rings. The fraction of sp³-hybridized carbons (Fsp3) is 0.211. The molecule has 0 aliphatic rings. The Morgan fingerprint density at radius 2 is 1.77 bits per heavy atom. The topological polar surface area (TPSA) is 61.4 Å². The van der Waals surface area contributed by atoms with Crippen molar-refractivity contribution in [2.75, 3.05) is 18.4 Å². The number of nitrogens with one attached hydrogen (secondary N) is 2. The number of anilines is 1. The van der Waals surface area contributed by atoms with Crippen molar-refractivity contribution in [3.8, 4) is 0 Å². The molecule has 0 atom stereocenters. The normalized spacial score (nSPS) is 10.1. The van der Waals surface area contributed by atoms with Crippen LogP contribution in [0.2, 0.25) is 0 Å². The van der Waals surface area contributed by atoms with Crippen molar-refractivity contribution in [1.29, 1.82) is 0 Å². The molecule has 2 aromatic carbocycles. The number of benzene rings is 2. The van der Waals surface area contributed by atoms with Gasteiger partial charge in [-0.2, -0.15) is 0 Å². The van der Waals surface area contributed by atoms with Crippen molar-refractivity contribution in [2.24, 2.45) is 0 Å². The molecule has 0 saturated heterocycles. The Morgan fingerprint density at radius 1 is 1.08 bits per heavy atom. The van der Waals surface area contributed by atoms with E-state index in [-0.39, 0.29) is 16.6 Å². The number of amides is 2. The largest absolute Gasteiger partial charge is 0.339 e. The van der Waals surface area contributed by atoms with E-state index in [0.29, 0.717) is 24.3 Å². The third-order valence-electron chi connectivity index (χ3n) is 3.76. The molecule has 0 radical (unpaired) electrons. The number of carbonyl (C=O) groups excluding carboxylic acids is 2. The molecule has 0 unspecified atom stereocenters. The number of carbonyl (C=O) groups is 2. The highest BCUT2D eigenvalue weighted by molar-refractivity contribution is 7.80. The van der Waals surface area contributed by atoms with Gasteiger partial charge in [0, 0.05) is 24.3 Å². The summed E-state index contributed by atoms with van der Waals surface area (Å²) in [6.45, 7) is 5.06. The molecule has 0 aliphatic heterocycles. The minimum Gasteiger partial charge on any atom is -0.339 e. The van der Waals surface area contributed by atoms with Crippen LogP contribution >= 0.6 is 12.2 Å². The summed E-state index contributed by atoms with van der Waals surface area (Å²) >= 11 is 5.10. The first-order chi connectivity index (χ1) is 12.5. The highest BCUT2D eigenvalue weighted by Gasteiger charge is 2.14. The van der Waals surface area contributed by atoms with E-state index < -0.39 is 11.7 Å². The molecular formula is C19H20FN3O2S. The standard InChI is InChI=1S/C19H20FN3O2S/c1-3-23(4-2)18(25)13-8-7-9-14(12-13)21-19(26)22-17(24)15-10-5-6-11-16(15)20/h5-12H,3-4H2,1-2H3,(H2,21,22,24,26). The van der Waals surface area contributed by atoms with Crippen LogP contribution in [0, 0.1) is 5.82 Å². The average Bonchev–Trinajstić information content (AvgIpc) is 2.63. The molecule has 26 heavy (non-hydrogen) atoms. The maximum atomic E-state index is 13.6. The highest BCUT2D eigenvalue weighted by Crippen LogP contribution is 2.13. The molecular weight excluding hydrogens is 353 g/mol. The third-order valence-corrected chi connectivity index (χ3v) is 3.97. The van der Waals surface area contributed by atoms with Crippen molar-refractivity contribution in [2.45, 2.75) is 13.8 Å². The summed E-state index contributed by atoms with van der Waals surface area (Å²) < 4.78 is 13.6. The van der Waals surface area contributed by atoms with Crippen LogP contribution in [-0.4, -0.2) is 34.9 Å². The van der Waals surface area contributed by atoms with E-state index in [4.69, 9.17) is 12.2 Å². The Bertz CT molecular complexity index is 822. The summed E-state index contributed by atoms with van der Waals surface area (Å²) in [7, 11) is 0.